The van der Waals surface area contributed by atoms with Gasteiger partial charge in [0.1, 0.15) is 5.82 Å². The Hall–Kier alpha value is -1.06. The van der Waals surface area contributed by atoms with E-state index in [9.17, 15) is 4.39 Å². The van der Waals surface area contributed by atoms with Gasteiger partial charge in [-0.15, -0.1) is 0 Å². The Balaban J connectivity index is 2.09. The normalized spacial score (nSPS) is 10.4. The van der Waals surface area contributed by atoms with Crippen LogP contribution in [0.5, 0.6) is 0 Å². The van der Waals surface area contributed by atoms with Gasteiger partial charge in [0.25, 0.3) is 0 Å². The van der Waals surface area contributed by atoms with Crippen LogP contribution in [0.3, 0.4) is 0 Å². The van der Waals surface area contributed by atoms with Gasteiger partial charge in [-0.2, -0.15) is 0 Å². The van der Waals surface area contributed by atoms with Crippen LogP contribution in [0.2, 0.25) is 5.02 Å². The third-order valence-electron chi connectivity index (χ3n) is 2.65. The van der Waals surface area contributed by atoms with Crippen molar-refractivity contribution in [3.63, 3.8) is 0 Å². The Morgan fingerprint density at radius 1 is 1.22 bits per heavy atom. The lowest BCUT2D eigenvalue weighted by molar-refractivity contribution is 0.628. The Kier molecular flexibility index (Phi) is 4.25. The third kappa shape index (κ3) is 3.24. The van der Waals surface area contributed by atoms with E-state index in [1.165, 1.54) is 17.7 Å². The molecular weight excluding hydrogens is 317 g/mol. The highest BCUT2D eigenvalue weighted by Gasteiger charge is 2.02. The zero-order valence-electron chi connectivity index (χ0n) is 9.81. The lowest BCUT2D eigenvalue weighted by Gasteiger charge is -2.09. The maximum atomic E-state index is 12.9. The fourth-order valence-electron chi connectivity index (χ4n) is 1.58. The molecule has 0 radical (unpaired) electrons. The van der Waals surface area contributed by atoms with Crippen LogP contribution in [-0.4, -0.2) is 0 Å². The van der Waals surface area contributed by atoms with Gasteiger partial charge in [0.15, 0.2) is 0 Å². The van der Waals surface area contributed by atoms with E-state index in [4.69, 9.17) is 11.6 Å². The summed E-state index contributed by atoms with van der Waals surface area (Å²) in [5, 5.41) is 3.57. The van der Waals surface area contributed by atoms with E-state index in [1.54, 1.807) is 6.07 Å². The van der Waals surface area contributed by atoms with Crippen molar-refractivity contribution in [1.82, 2.24) is 0 Å². The van der Waals surface area contributed by atoms with Crippen molar-refractivity contribution >= 4 is 33.2 Å². The van der Waals surface area contributed by atoms with E-state index in [1.807, 2.05) is 19.1 Å². The molecule has 0 bridgehead atoms. The van der Waals surface area contributed by atoms with Gasteiger partial charge in [0.05, 0.1) is 10.7 Å². The first-order chi connectivity index (χ1) is 8.56. The smallest absolute Gasteiger partial charge is 0.124 e. The molecule has 1 N–H and O–H groups in total. The molecule has 0 aromatic heterocycles. The van der Waals surface area contributed by atoms with Crippen molar-refractivity contribution in [2.75, 3.05) is 5.32 Å². The predicted molar refractivity (Wildman–Crippen MR) is 77.6 cm³/mol. The minimum Gasteiger partial charge on any atom is -0.380 e. The zero-order chi connectivity index (χ0) is 13.1. The van der Waals surface area contributed by atoms with Crippen molar-refractivity contribution in [2.24, 2.45) is 0 Å². The topological polar surface area (TPSA) is 12.0 Å². The van der Waals surface area contributed by atoms with E-state index >= 15 is 0 Å². The third-order valence-corrected chi connectivity index (χ3v) is 3.82. The number of aryl methyl sites for hydroxylation is 1. The molecule has 2 rings (SSSR count). The molecule has 0 spiro atoms. The van der Waals surface area contributed by atoms with Crippen LogP contribution in [0.4, 0.5) is 10.1 Å². The number of rotatable bonds is 3. The Bertz CT molecular complexity index is 572. The summed E-state index contributed by atoms with van der Waals surface area (Å²) >= 11 is 9.43. The molecule has 0 saturated heterocycles. The van der Waals surface area contributed by atoms with Gasteiger partial charge in [-0.05, 0) is 42.3 Å². The summed E-state index contributed by atoms with van der Waals surface area (Å²) in [5.74, 6) is -0.330. The average Bonchev–Trinajstić information content (AvgIpc) is 2.32. The highest BCUT2D eigenvalue weighted by atomic mass is 79.9. The molecule has 0 unspecified atom stereocenters. The molecule has 0 heterocycles. The minimum absolute atomic E-state index is 0.330. The number of benzene rings is 2. The van der Waals surface area contributed by atoms with E-state index < -0.39 is 0 Å². The molecule has 1 nitrogen and oxygen atoms in total. The molecule has 94 valence electrons. The molecule has 0 atom stereocenters. The van der Waals surface area contributed by atoms with E-state index in [0.29, 0.717) is 11.6 Å². The highest BCUT2D eigenvalue weighted by molar-refractivity contribution is 9.10. The SMILES string of the molecule is Cc1ccc(CNc2ccc(F)cc2Cl)cc1Br. The van der Waals surface area contributed by atoms with Crippen molar-refractivity contribution in [2.45, 2.75) is 13.5 Å². The van der Waals surface area contributed by atoms with Crippen LogP contribution < -0.4 is 5.32 Å². The van der Waals surface area contributed by atoms with Gasteiger partial charge >= 0.3 is 0 Å². The molecule has 2 aromatic carbocycles. The first-order valence-corrected chi connectivity index (χ1v) is 6.67. The van der Waals surface area contributed by atoms with Crippen molar-refractivity contribution in [1.29, 1.82) is 0 Å². The quantitative estimate of drug-likeness (QED) is 0.820. The molecule has 0 aliphatic heterocycles. The summed E-state index contributed by atoms with van der Waals surface area (Å²) < 4.78 is 14.0. The molecule has 0 saturated carbocycles. The van der Waals surface area contributed by atoms with Crippen LogP contribution in [0, 0.1) is 12.7 Å². The molecule has 2 aromatic rings. The molecular formula is C14H12BrClFN. The van der Waals surface area contributed by atoms with Crippen molar-refractivity contribution < 1.29 is 4.39 Å². The highest BCUT2D eigenvalue weighted by Crippen LogP contribution is 2.24. The number of hydrogen-bond donors (Lipinski definition) is 1. The molecule has 0 fully saturated rings. The minimum atomic E-state index is -0.330. The van der Waals surface area contributed by atoms with Crippen molar-refractivity contribution in [3.8, 4) is 0 Å². The average molecular weight is 329 g/mol. The van der Waals surface area contributed by atoms with E-state index in [2.05, 4.69) is 27.3 Å². The number of anilines is 1. The zero-order valence-corrected chi connectivity index (χ0v) is 12.1. The summed E-state index contributed by atoms with van der Waals surface area (Å²) in [7, 11) is 0. The van der Waals surface area contributed by atoms with Crippen LogP contribution in [0.25, 0.3) is 0 Å². The Morgan fingerprint density at radius 3 is 2.67 bits per heavy atom. The fraction of sp³-hybridized carbons (Fsp3) is 0.143. The van der Waals surface area contributed by atoms with E-state index in [0.717, 1.165) is 15.7 Å². The van der Waals surface area contributed by atoms with Crippen LogP contribution in [0.15, 0.2) is 40.9 Å². The maximum Gasteiger partial charge on any atom is 0.124 e. The van der Waals surface area contributed by atoms with Gasteiger partial charge in [-0.25, -0.2) is 4.39 Å². The van der Waals surface area contributed by atoms with Crippen LogP contribution >= 0.6 is 27.5 Å². The largest absolute Gasteiger partial charge is 0.380 e. The van der Waals surface area contributed by atoms with Gasteiger partial charge in [-0.3, -0.25) is 0 Å². The molecule has 0 aliphatic carbocycles. The first kappa shape index (κ1) is 13.4. The molecule has 18 heavy (non-hydrogen) atoms. The second kappa shape index (κ2) is 5.72. The monoisotopic (exact) mass is 327 g/mol. The Labute approximate surface area is 119 Å². The van der Waals surface area contributed by atoms with Gasteiger partial charge < -0.3 is 5.32 Å². The lowest BCUT2D eigenvalue weighted by Crippen LogP contribution is -2.00. The van der Waals surface area contributed by atoms with Gasteiger partial charge in [0.2, 0.25) is 0 Å². The predicted octanol–water partition coefficient (Wildman–Crippen LogP) is 5.16. The van der Waals surface area contributed by atoms with Crippen LogP contribution in [0.1, 0.15) is 11.1 Å². The molecule has 0 amide bonds. The second-order valence-electron chi connectivity index (χ2n) is 4.06. The summed E-state index contributed by atoms with van der Waals surface area (Å²) in [6, 6.07) is 10.5. The second-order valence-corrected chi connectivity index (χ2v) is 5.32. The van der Waals surface area contributed by atoms with Crippen LogP contribution in [-0.2, 0) is 6.54 Å². The maximum absolute atomic E-state index is 12.9. The van der Waals surface area contributed by atoms with Gasteiger partial charge in [0, 0.05) is 11.0 Å². The summed E-state index contributed by atoms with van der Waals surface area (Å²) in [5.41, 5.74) is 3.06. The number of nitrogens with one attached hydrogen (secondary N) is 1. The fourth-order valence-corrected chi connectivity index (χ4v) is 2.24. The number of hydrogen-bond acceptors (Lipinski definition) is 1. The Morgan fingerprint density at radius 2 is 2.00 bits per heavy atom. The number of halogens is 3. The molecule has 0 aliphatic rings. The van der Waals surface area contributed by atoms with Crippen molar-refractivity contribution in [3.05, 3.63) is 62.8 Å². The lowest BCUT2D eigenvalue weighted by atomic mass is 10.1. The summed E-state index contributed by atoms with van der Waals surface area (Å²) in [6.07, 6.45) is 0. The summed E-state index contributed by atoms with van der Waals surface area (Å²) in [4.78, 5) is 0. The first-order valence-electron chi connectivity index (χ1n) is 5.50. The van der Waals surface area contributed by atoms with Gasteiger partial charge in [-0.1, -0.05) is 39.7 Å². The molecule has 4 heteroatoms. The standard InChI is InChI=1S/C14H12BrClFN/c1-9-2-3-10(6-12(9)15)8-18-14-5-4-11(17)7-13(14)16/h2-7,18H,8H2,1H3. The van der Waals surface area contributed by atoms with E-state index in [-0.39, 0.29) is 5.82 Å². The summed E-state index contributed by atoms with van der Waals surface area (Å²) in [6.45, 7) is 2.68.